The molecule has 3 fully saturated rings. The number of esters is 1. The molecular weight excluding hydrogens is 825 g/mol. The van der Waals surface area contributed by atoms with E-state index in [2.05, 4.69) is 20.4 Å². The number of likely N-dealkylation sites (N-methyl/N-ethyl adjacent to an activating group) is 1. The van der Waals surface area contributed by atoms with Crippen molar-refractivity contribution < 1.29 is 57.9 Å². The zero-order valence-electron chi connectivity index (χ0n) is 37.6. The number of ether oxygens (including phenoxy) is 5. The lowest BCUT2D eigenvalue weighted by molar-refractivity contribution is -0.296. The Labute approximate surface area is 366 Å². The molecule has 1 aromatic heterocycles. The number of aliphatic imine (C=N–C) groups is 1. The highest BCUT2D eigenvalue weighted by Gasteiger charge is 2.53. The minimum absolute atomic E-state index is 0.0162. The Hall–Kier alpha value is -3.95. The number of hydrogen-bond acceptors (Lipinski definition) is 16. The number of urea groups is 1. The van der Waals surface area contributed by atoms with Crippen molar-refractivity contribution in [1.29, 1.82) is 0 Å². The van der Waals surface area contributed by atoms with Gasteiger partial charge in [0.05, 0.1) is 47.3 Å². The number of aromatic nitrogens is 1. The van der Waals surface area contributed by atoms with E-state index < -0.39 is 89.3 Å². The molecule has 0 radical (unpaired) electrons. The fourth-order valence-electron chi connectivity index (χ4n) is 9.02. The van der Waals surface area contributed by atoms with Crippen molar-refractivity contribution in [1.82, 2.24) is 9.88 Å². The van der Waals surface area contributed by atoms with E-state index in [1.165, 1.54) is 32.1 Å². The third kappa shape index (κ3) is 11.2. The number of cyclic esters (lactones) is 1. The second-order valence-corrected chi connectivity index (χ2v) is 18.7. The average Bonchev–Trinajstić information content (AvgIpc) is 3.59. The first-order valence-corrected chi connectivity index (χ1v) is 22.0. The Morgan fingerprint density at radius 3 is 2.47 bits per heavy atom. The Morgan fingerprint density at radius 2 is 1.82 bits per heavy atom. The van der Waals surface area contributed by atoms with Crippen molar-refractivity contribution in [2.75, 3.05) is 32.6 Å². The zero-order valence-corrected chi connectivity index (χ0v) is 38.4. The van der Waals surface area contributed by atoms with Gasteiger partial charge in [-0.25, -0.2) is 14.8 Å². The van der Waals surface area contributed by atoms with E-state index in [9.17, 15) is 29.4 Å². The Kier molecular flexibility index (Phi) is 16.0. The van der Waals surface area contributed by atoms with E-state index in [0.29, 0.717) is 22.8 Å². The van der Waals surface area contributed by atoms with Crippen molar-refractivity contribution in [3.8, 4) is 0 Å². The molecule has 4 heterocycles. The molecule has 5 rings (SSSR count). The standard InChI is InChI=1S/C43H64N6O12S/c1-12-32-43(9,55)37-23(4)33(45-26(7)50)21(2)17-42(8,36(24(5)34(51)25(6)38(53)60-32)61-39-35(52)30(49(10)11)15-22(3)59-39)57-20-28(19-56-37)48-58-18-27-13-14-29-31(16-27)62-41(46-29)47-40(44)54/h13-14,16,21-25,30,32,35-37,39,52,55H,12,15,17-20H2,1-11H3,(H3,44,46,47,54)/b45-33?,48-28+/t21-,22-,23+,24+,25-,30+,32-,35-,36-,37+,39+,42-,43-/m1/s1. The monoisotopic (exact) mass is 888 g/mol. The molecule has 344 valence electrons. The molecule has 1 aromatic carbocycles. The lowest BCUT2D eigenvalue weighted by Gasteiger charge is -2.47. The van der Waals surface area contributed by atoms with Crippen LogP contribution in [0.2, 0.25) is 0 Å². The van der Waals surface area contributed by atoms with Gasteiger partial charge in [0.25, 0.3) is 0 Å². The number of ketones is 1. The number of amides is 3. The van der Waals surface area contributed by atoms with Crippen LogP contribution >= 0.6 is 11.3 Å². The highest BCUT2D eigenvalue weighted by atomic mass is 32.1. The second-order valence-electron chi connectivity index (χ2n) is 17.6. The van der Waals surface area contributed by atoms with Gasteiger partial charge in [-0.05, 0) is 84.7 Å². The summed E-state index contributed by atoms with van der Waals surface area (Å²) in [4.78, 5) is 69.3. The number of thiazole rings is 1. The number of hydrogen-bond donors (Lipinski definition) is 4. The van der Waals surface area contributed by atoms with Gasteiger partial charge in [0.2, 0.25) is 5.91 Å². The maximum absolute atomic E-state index is 14.5. The molecule has 0 unspecified atom stereocenters. The lowest BCUT2D eigenvalue weighted by Crippen LogP contribution is -2.60. The Morgan fingerprint density at radius 1 is 1.11 bits per heavy atom. The normalized spacial score (nSPS) is 36.8. The molecule has 3 aliphatic rings. The van der Waals surface area contributed by atoms with Gasteiger partial charge in [-0.2, -0.15) is 0 Å². The fraction of sp³-hybridized carbons (Fsp3) is 0.698. The molecule has 0 spiro atoms. The lowest BCUT2D eigenvalue weighted by atomic mass is 9.73. The second kappa shape index (κ2) is 20.3. The van der Waals surface area contributed by atoms with E-state index in [1.54, 1.807) is 33.8 Å². The number of carbonyl (C=O) groups is 4. The van der Waals surface area contributed by atoms with Gasteiger partial charge >= 0.3 is 12.0 Å². The van der Waals surface area contributed by atoms with Crippen molar-refractivity contribution in [2.45, 2.75) is 142 Å². The number of carbonyl (C=O) groups excluding carboxylic acids is 4. The van der Waals surface area contributed by atoms with Crippen LogP contribution in [0.4, 0.5) is 9.93 Å². The Bertz CT molecular complexity index is 2010. The number of fused-ring (bicyclic) bond motifs is 6. The Balaban J connectivity index is 1.64. The minimum Gasteiger partial charge on any atom is -0.459 e. The quantitative estimate of drug-likeness (QED) is 0.165. The number of rotatable bonds is 8. The highest BCUT2D eigenvalue weighted by Crippen LogP contribution is 2.40. The SMILES string of the molecule is CC[C@H]1OC(=O)[C@H](C)C(=O)[C@H](C)[C@@H](O[C@@H]2O[C@H](C)C[C@H](N(C)C)[C@H]2O)[C@@]2(C)C[C@@H](C)C(=NC(C)=O)[C@H](C)[C@H](OC/C(=N\OCc3ccc4nc(NC(N)=O)sc4c3)CO2)[C@]1(C)O. The van der Waals surface area contributed by atoms with E-state index >= 15 is 0 Å². The zero-order chi connectivity index (χ0) is 45.8. The van der Waals surface area contributed by atoms with Crippen LogP contribution in [0.1, 0.15) is 87.1 Å². The van der Waals surface area contributed by atoms with Crippen molar-refractivity contribution >= 4 is 61.8 Å². The number of anilines is 1. The van der Waals surface area contributed by atoms with E-state index in [1.807, 2.05) is 45.0 Å². The summed E-state index contributed by atoms with van der Waals surface area (Å²) in [5.41, 5.74) is 4.01. The molecule has 13 atom stereocenters. The molecule has 0 saturated carbocycles. The van der Waals surface area contributed by atoms with Crippen LogP contribution in [0.25, 0.3) is 10.2 Å². The summed E-state index contributed by atoms with van der Waals surface area (Å²) < 4.78 is 33.2. The number of nitrogens with two attached hydrogens (primary N) is 1. The number of nitrogens with zero attached hydrogens (tertiary/aromatic N) is 4. The van der Waals surface area contributed by atoms with Gasteiger partial charge < -0.3 is 49.4 Å². The number of aliphatic hydroxyl groups excluding tert-OH is 1. The number of Topliss-reactive ketones (excluding diaryl/α,β-unsaturated/α-hetero) is 1. The van der Waals surface area contributed by atoms with Crippen LogP contribution in [0, 0.1) is 23.7 Å². The maximum atomic E-state index is 14.5. The number of oxime groups is 1. The summed E-state index contributed by atoms with van der Waals surface area (Å²) in [5.74, 6) is -5.47. The molecule has 3 saturated heterocycles. The molecule has 2 bridgehead atoms. The third-order valence-electron chi connectivity index (χ3n) is 12.2. The predicted octanol–water partition coefficient (Wildman–Crippen LogP) is 4.22. The highest BCUT2D eigenvalue weighted by molar-refractivity contribution is 7.22. The van der Waals surface area contributed by atoms with Crippen LogP contribution in [0.5, 0.6) is 0 Å². The molecule has 18 nitrogen and oxygen atoms in total. The largest absolute Gasteiger partial charge is 0.459 e. The molecule has 62 heavy (non-hydrogen) atoms. The number of nitrogens with one attached hydrogen (secondary N) is 1. The van der Waals surface area contributed by atoms with Crippen LogP contribution in [0.3, 0.4) is 0 Å². The predicted molar refractivity (Wildman–Crippen MR) is 232 cm³/mol. The molecule has 2 aromatic rings. The van der Waals surface area contributed by atoms with Crippen LogP contribution in [-0.2, 0) is 49.5 Å². The summed E-state index contributed by atoms with van der Waals surface area (Å²) in [5, 5.41) is 31.4. The number of primary amides is 1. The average molecular weight is 889 g/mol. The molecule has 3 aliphatic heterocycles. The van der Waals surface area contributed by atoms with Gasteiger partial charge in [-0.1, -0.05) is 50.3 Å². The number of benzene rings is 1. The first-order valence-electron chi connectivity index (χ1n) is 21.2. The summed E-state index contributed by atoms with van der Waals surface area (Å²) in [6.07, 6.45) is -5.31. The summed E-state index contributed by atoms with van der Waals surface area (Å²) in [7, 11) is 3.71. The first kappa shape index (κ1) is 49.1. The van der Waals surface area contributed by atoms with Gasteiger partial charge in [0.15, 0.2) is 17.2 Å². The van der Waals surface area contributed by atoms with E-state index in [-0.39, 0.29) is 50.5 Å². The first-order chi connectivity index (χ1) is 29.1. The molecule has 19 heteroatoms. The van der Waals surface area contributed by atoms with Crippen molar-refractivity contribution in [3.63, 3.8) is 0 Å². The van der Waals surface area contributed by atoms with Gasteiger partial charge in [0.1, 0.15) is 36.0 Å². The molecule has 3 amide bonds. The summed E-state index contributed by atoms with van der Waals surface area (Å²) in [6.45, 7) is 14.6. The fourth-order valence-corrected chi connectivity index (χ4v) is 9.95. The smallest absolute Gasteiger partial charge is 0.318 e. The maximum Gasteiger partial charge on any atom is 0.318 e. The third-order valence-corrected chi connectivity index (χ3v) is 13.2. The van der Waals surface area contributed by atoms with Crippen molar-refractivity contribution in [3.05, 3.63) is 23.8 Å². The number of aliphatic hydroxyl groups is 2. The minimum atomic E-state index is -1.88. The van der Waals surface area contributed by atoms with Crippen molar-refractivity contribution in [2.24, 2.45) is 39.6 Å². The van der Waals surface area contributed by atoms with Gasteiger partial charge in [0, 0.05) is 30.5 Å². The molecule has 0 aliphatic carbocycles. The summed E-state index contributed by atoms with van der Waals surface area (Å²) in [6, 6.07) is 4.38. The van der Waals surface area contributed by atoms with Gasteiger partial charge in [-0.3, -0.25) is 19.7 Å². The molecule has 5 N–H and O–H groups in total. The van der Waals surface area contributed by atoms with Crippen LogP contribution < -0.4 is 11.1 Å². The molecular formula is C43H64N6O12S. The summed E-state index contributed by atoms with van der Waals surface area (Å²) >= 11 is 1.25. The van der Waals surface area contributed by atoms with Crippen LogP contribution in [0.15, 0.2) is 28.3 Å². The van der Waals surface area contributed by atoms with E-state index in [4.69, 9.17) is 34.3 Å². The topological polar surface area (TPSA) is 243 Å². The van der Waals surface area contributed by atoms with E-state index in [0.717, 1.165) is 10.3 Å². The van der Waals surface area contributed by atoms with Gasteiger partial charge in [-0.15, -0.1) is 0 Å². The van der Waals surface area contributed by atoms with Crippen LogP contribution in [-0.4, -0.2) is 137 Å².